The van der Waals surface area contributed by atoms with E-state index in [0.29, 0.717) is 29.6 Å². The normalized spacial score (nSPS) is 15.8. The fourth-order valence-electron chi connectivity index (χ4n) is 2.88. The van der Waals surface area contributed by atoms with Crippen LogP contribution in [0.3, 0.4) is 0 Å². The van der Waals surface area contributed by atoms with Crippen molar-refractivity contribution in [3.05, 3.63) is 69.7 Å². The van der Waals surface area contributed by atoms with Gasteiger partial charge in [-0.05, 0) is 35.7 Å². The van der Waals surface area contributed by atoms with E-state index in [4.69, 9.17) is 16.3 Å². The van der Waals surface area contributed by atoms with Gasteiger partial charge in [0.05, 0.1) is 5.92 Å². The van der Waals surface area contributed by atoms with E-state index < -0.39 is 0 Å². The first-order valence-electron chi connectivity index (χ1n) is 8.26. The summed E-state index contributed by atoms with van der Waals surface area (Å²) in [5.74, 6) is 0.403. The molecule has 7 heteroatoms. The number of carbonyl (C=O) groups is 1. The van der Waals surface area contributed by atoms with E-state index in [1.54, 1.807) is 6.07 Å². The molecular formula is C19H16ClN3O2S. The maximum atomic E-state index is 12.5. The van der Waals surface area contributed by atoms with Crippen LogP contribution in [0.25, 0.3) is 0 Å². The van der Waals surface area contributed by atoms with Crippen LogP contribution in [0.15, 0.2) is 48.5 Å². The second-order valence-electron chi connectivity index (χ2n) is 6.12. The monoisotopic (exact) mass is 385 g/mol. The van der Waals surface area contributed by atoms with E-state index in [1.807, 2.05) is 42.5 Å². The zero-order valence-electron chi connectivity index (χ0n) is 13.8. The number of ether oxygens (including phenoxy) is 1. The van der Waals surface area contributed by atoms with E-state index in [0.717, 1.165) is 21.9 Å². The van der Waals surface area contributed by atoms with Crippen molar-refractivity contribution in [2.45, 2.75) is 12.8 Å². The Labute approximate surface area is 160 Å². The molecule has 0 spiro atoms. The predicted molar refractivity (Wildman–Crippen MR) is 102 cm³/mol. The van der Waals surface area contributed by atoms with E-state index in [-0.39, 0.29) is 11.8 Å². The number of fused-ring (bicyclic) bond motifs is 1. The Kier molecular flexibility index (Phi) is 4.86. The van der Waals surface area contributed by atoms with Gasteiger partial charge in [0.1, 0.15) is 17.4 Å². The molecule has 0 fully saturated rings. The highest BCUT2D eigenvalue weighted by molar-refractivity contribution is 7.15. The standard InChI is InChI=1S/C19H16ClN3O2S/c20-15-6-7-16-13(10-15)9-14(11-25-16)18(24)21-19-23-22-17(26-19)8-12-4-2-1-3-5-12/h1-7,10,14H,8-9,11H2,(H,21,23,24)/t14-/m1/s1. The highest BCUT2D eigenvalue weighted by Gasteiger charge is 2.27. The summed E-state index contributed by atoms with van der Waals surface area (Å²) in [5, 5.41) is 13.1. The molecule has 3 aromatic rings. The molecule has 26 heavy (non-hydrogen) atoms. The summed E-state index contributed by atoms with van der Waals surface area (Å²) in [6.45, 7) is 0.343. The number of nitrogens with one attached hydrogen (secondary N) is 1. The van der Waals surface area contributed by atoms with E-state index in [1.165, 1.54) is 11.3 Å². The van der Waals surface area contributed by atoms with Gasteiger partial charge in [-0.3, -0.25) is 4.79 Å². The van der Waals surface area contributed by atoms with Gasteiger partial charge < -0.3 is 10.1 Å². The van der Waals surface area contributed by atoms with Gasteiger partial charge in [-0.25, -0.2) is 0 Å². The molecule has 0 saturated heterocycles. The topological polar surface area (TPSA) is 64.1 Å². The van der Waals surface area contributed by atoms with Crippen molar-refractivity contribution >= 4 is 34.0 Å². The molecule has 1 amide bonds. The van der Waals surface area contributed by atoms with Crippen molar-refractivity contribution in [3.63, 3.8) is 0 Å². The summed E-state index contributed by atoms with van der Waals surface area (Å²) in [6, 6.07) is 15.5. The van der Waals surface area contributed by atoms with E-state index in [2.05, 4.69) is 15.5 Å². The number of benzene rings is 2. The zero-order chi connectivity index (χ0) is 17.9. The molecule has 0 aliphatic carbocycles. The van der Waals surface area contributed by atoms with Crippen LogP contribution < -0.4 is 10.1 Å². The summed E-state index contributed by atoms with van der Waals surface area (Å²) in [7, 11) is 0. The van der Waals surface area contributed by atoms with Crippen molar-refractivity contribution in [2.24, 2.45) is 5.92 Å². The van der Waals surface area contributed by atoms with E-state index in [9.17, 15) is 4.79 Å². The molecule has 1 atom stereocenters. The molecule has 4 rings (SSSR count). The summed E-state index contributed by atoms with van der Waals surface area (Å²) in [5.41, 5.74) is 2.11. The number of rotatable bonds is 4. The van der Waals surface area contributed by atoms with Crippen LogP contribution in [0.1, 0.15) is 16.1 Å². The first-order chi connectivity index (χ1) is 12.7. The van der Waals surface area contributed by atoms with Gasteiger partial charge in [0.2, 0.25) is 11.0 Å². The highest BCUT2D eigenvalue weighted by atomic mass is 35.5. The number of hydrogen-bond acceptors (Lipinski definition) is 5. The second-order valence-corrected chi connectivity index (χ2v) is 7.62. The van der Waals surface area contributed by atoms with Crippen molar-refractivity contribution in [1.29, 1.82) is 0 Å². The summed E-state index contributed by atoms with van der Waals surface area (Å²) < 4.78 is 5.68. The highest BCUT2D eigenvalue weighted by Crippen LogP contribution is 2.30. The average Bonchev–Trinajstić information content (AvgIpc) is 3.08. The number of anilines is 1. The van der Waals surface area contributed by atoms with Gasteiger partial charge in [-0.15, -0.1) is 10.2 Å². The Morgan fingerprint density at radius 3 is 2.92 bits per heavy atom. The van der Waals surface area contributed by atoms with Gasteiger partial charge in [0.15, 0.2) is 0 Å². The lowest BCUT2D eigenvalue weighted by Gasteiger charge is -2.24. The number of hydrogen-bond donors (Lipinski definition) is 1. The number of halogens is 1. The van der Waals surface area contributed by atoms with Gasteiger partial charge >= 0.3 is 0 Å². The molecule has 2 aromatic carbocycles. The van der Waals surface area contributed by atoms with Gasteiger partial charge in [0.25, 0.3) is 0 Å². The third kappa shape index (κ3) is 3.86. The summed E-state index contributed by atoms with van der Waals surface area (Å²) in [4.78, 5) is 12.5. The van der Waals surface area contributed by atoms with Crippen molar-refractivity contribution in [3.8, 4) is 5.75 Å². The fraction of sp³-hybridized carbons (Fsp3) is 0.211. The largest absolute Gasteiger partial charge is 0.492 e. The third-order valence-corrected chi connectivity index (χ3v) is 5.27. The zero-order valence-corrected chi connectivity index (χ0v) is 15.4. The van der Waals surface area contributed by atoms with E-state index >= 15 is 0 Å². The minimum Gasteiger partial charge on any atom is -0.492 e. The smallest absolute Gasteiger partial charge is 0.233 e. The van der Waals surface area contributed by atoms with Crippen LogP contribution in [-0.4, -0.2) is 22.7 Å². The van der Waals surface area contributed by atoms with Crippen LogP contribution in [-0.2, 0) is 17.6 Å². The molecule has 2 heterocycles. The van der Waals surface area contributed by atoms with Crippen molar-refractivity contribution < 1.29 is 9.53 Å². The lowest BCUT2D eigenvalue weighted by atomic mass is 9.96. The molecule has 132 valence electrons. The third-order valence-electron chi connectivity index (χ3n) is 4.19. The van der Waals surface area contributed by atoms with Crippen LogP contribution in [0.4, 0.5) is 5.13 Å². The molecule has 1 N–H and O–H groups in total. The minimum atomic E-state index is -0.276. The molecule has 1 aromatic heterocycles. The van der Waals surface area contributed by atoms with Crippen molar-refractivity contribution in [2.75, 3.05) is 11.9 Å². The lowest BCUT2D eigenvalue weighted by molar-refractivity contribution is -0.121. The van der Waals surface area contributed by atoms with Crippen LogP contribution in [0.5, 0.6) is 5.75 Å². The molecule has 5 nitrogen and oxygen atoms in total. The number of carbonyl (C=O) groups excluding carboxylic acids is 1. The number of nitrogens with zero attached hydrogens (tertiary/aromatic N) is 2. The Bertz CT molecular complexity index is 930. The molecule has 0 saturated carbocycles. The second kappa shape index (κ2) is 7.43. The molecule has 0 radical (unpaired) electrons. The molecule has 1 aliphatic heterocycles. The summed E-state index contributed by atoms with van der Waals surface area (Å²) >= 11 is 7.42. The van der Waals surface area contributed by atoms with Gasteiger partial charge in [0, 0.05) is 11.4 Å². The van der Waals surface area contributed by atoms with Crippen LogP contribution in [0.2, 0.25) is 5.02 Å². The first kappa shape index (κ1) is 17.0. The maximum absolute atomic E-state index is 12.5. The number of amides is 1. The Balaban J connectivity index is 1.39. The molecule has 1 aliphatic rings. The Morgan fingerprint density at radius 2 is 2.08 bits per heavy atom. The Morgan fingerprint density at radius 1 is 1.23 bits per heavy atom. The lowest BCUT2D eigenvalue weighted by Crippen LogP contribution is -2.32. The predicted octanol–water partition coefficient (Wildman–Crippen LogP) is 3.97. The molecule has 0 bridgehead atoms. The van der Waals surface area contributed by atoms with Gasteiger partial charge in [-0.1, -0.05) is 53.3 Å². The van der Waals surface area contributed by atoms with Crippen LogP contribution >= 0.6 is 22.9 Å². The fourth-order valence-corrected chi connectivity index (χ4v) is 3.86. The quantitative estimate of drug-likeness (QED) is 0.738. The SMILES string of the molecule is O=C(Nc1nnc(Cc2ccccc2)s1)[C@H]1COc2ccc(Cl)cc2C1. The van der Waals surface area contributed by atoms with Gasteiger partial charge in [-0.2, -0.15) is 0 Å². The van der Waals surface area contributed by atoms with Crippen LogP contribution in [0, 0.1) is 5.92 Å². The number of aromatic nitrogens is 2. The molecular weight excluding hydrogens is 370 g/mol. The Hall–Kier alpha value is -2.44. The van der Waals surface area contributed by atoms with Crippen molar-refractivity contribution in [1.82, 2.24) is 10.2 Å². The first-order valence-corrected chi connectivity index (χ1v) is 9.45. The minimum absolute atomic E-state index is 0.113. The molecule has 0 unspecified atom stereocenters. The average molecular weight is 386 g/mol. The maximum Gasteiger partial charge on any atom is 0.233 e. The summed E-state index contributed by atoms with van der Waals surface area (Å²) in [6.07, 6.45) is 1.30.